The van der Waals surface area contributed by atoms with Crippen molar-refractivity contribution in [2.24, 2.45) is 5.92 Å². The third kappa shape index (κ3) is 3.34. The average Bonchev–Trinajstić information content (AvgIpc) is 2.19. The molecule has 0 saturated carbocycles. The van der Waals surface area contributed by atoms with Gasteiger partial charge in [-0.05, 0) is 25.7 Å². The Morgan fingerprint density at radius 2 is 2.33 bits per heavy atom. The quantitative estimate of drug-likeness (QED) is 0.572. The van der Waals surface area contributed by atoms with Gasteiger partial charge in [-0.3, -0.25) is 10.1 Å². The van der Waals surface area contributed by atoms with Crippen molar-refractivity contribution in [3.63, 3.8) is 0 Å². The van der Waals surface area contributed by atoms with E-state index >= 15 is 0 Å². The molecule has 86 valence electrons. The van der Waals surface area contributed by atoms with E-state index in [2.05, 4.69) is 32.2 Å². The van der Waals surface area contributed by atoms with Gasteiger partial charge in [-0.25, -0.2) is 0 Å². The zero-order valence-corrected chi connectivity index (χ0v) is 10.0. The van der Waals surface area contributed by atoms with Gasteiger partial charge in [-0.1, -0.05) is 25.5 Å². The van der Waals surface area contributed by atoms with Gasteiger partial charge < -0.3 is 4.74 Å². The number of rotatable bonds is 3. The number of hydrogen-bond acceptors (Lipinski definition) is 3. The first-order valence-corrected chi connectivity index (χ1v) is 5.55. The molecule has 2 atom stereocenters. The molecule has 0 aromatic carbocycles. The van der Waals surface area contributed by atoms with Crippen molar-refractivity contribution in [1.82, 2.24) is 5.32 Å². The summed E-state index contributed by atoms with van der Waals surface area (Å²) in [5.41, 5.74) is 1.34. The highest BCUT2D eigenvalue weighted by Gasteiger charge is 2.26. The van der Waals surface area contributed by atoms with E-state index in [9.17, 15) is 4.79 Å². The molecular formula is C12H21NO2. The Bertz CT molecular complexity index is 258. The lowest BCUT2D eigenvalue weighted by Crippen LogP contribution is -2.47. The molecule has 0 aromatic heterocycles. The van der Waals surface area contributed by atoms with E-state index in [1.165, 1.54) is 12.7 Å². The second-order valence-electron chi connectivity index (χ2n) is 4.61. The van der Waals surface area contributed by atoms with Crippen LogP contribution >= 0.6 is 0 Å². The van der Waals surface area contributed by atoms with Gasteiger partial charge in [0.25, 0.3) is 0 Å². The maximum Gasteiger partial charge on any atom is 0.323 e. The minimum absolute atomic E-state index is 0.160. The number of methoxy groups -OCH3 is 1. The molecule has 1 N–H and O–H groups in total. The zero-order chi connectivity index (χ0) is 11.4. The Hall–Kier alpha value is -0.830. The molecule has 0 radical (unpaired) electrons. The number of nitrogens with one attached hydrogen (secondary N) is 1. The normalized spacial score (nSPS) is 26.3. The Morgan fingerprint density at radius 1 is 1.67 bits per heavy atom. The first kappa shape index (κ1) is 12.2. The molecule has 2 unspecified atom stereocenters. The average molecular weight is 211 g/mol. The van der Waals surface area contributed by atoms with Crippen LogP contribution in [0.1, 0.15) is 33.6 Å². The minimum atomic E-state index is -0.164. The van der Waals surface area contributed by atoms with Crippen LogP contribution in [0.15, 0.2) is 11.6 Å². The highest BCUT2D eigenvalue weighted by atomic mass is 16.5. The van der Waals surface area contributed by atoms with Gasteiger partial charge in [-0.15, -0.1) is 0 Å². The standard InChI is InChI=1S/C12H21NO2/c1-8(2)7-11-9(3)5-6-10(13-11)12(14)15-4/h5,8,10-11,13H,6-7H2,1-4H3. The molecule has 15 heavy (non-hydrogen) atoms. The topological polar surface area (TPSA) is 38.3 Å². The molecule has 0 aromatic rings. The van der Waals surface area contributed by atoms with E-state index in [-0.39, 0.29) is 12.0 Å². The monoisotopic (exact) mass is 211 g/mol. The fourth-order valence-corrected chi connectivity index (χ4v) is 1.92. The highest BCUT2D eigenvalue weighted by molar-refractivity contribution is 5.76. The molecule has 1 aliphatic heterocycles. The van der Waals surface area contributed by atoms with Gasteiger partial charge in [0.2, 0.25) is 0 Å². The van der Waals surface area contributed by atoms with Crippen molar-refractivity contribution in [2.75, 3.05) is 7.11 Å². The van der Waals surface area contributed by atoms with E-state index in [0.717, 1.165) is 12.8 Å². The molecular weight excluding hydrogens is 190 g/mol. The number of ether oxygens (including phenoxy) is 1. The Balaban J connectivity index is 2.62. The van der Waals surface area contributed by atoms with Crippen LogP contribution in [0.25, 0.3) is 0 Å². The number of esters is 1. The fourth-order valence-electron chi connectivity index (χ4n) is 1.92. The van der Waals surface area contributed by atoms with Gasteiger partial charge in [0.15, 0.2) is 0 Å². The summed E-state index contributed by atoms with van der Waals surface area (Å²) in [6, 6.07) is 0.158. The molecule has 1 rings (SSSR count). The predicted molar refractivity (Wildman–Crippen MR) is 60.6 cm³/mol. The summed E-state index contributed by atoms with van der Waals surface area (Å²) < 4.78 is 4.75. The lowest BCUT2D eigenvalue weighted by molar-refractivity contribution is -0.143. The van der Waals surface area contributed by atoms with E-state index in [1.54, 1.807) is 0 Å². The highest BCUT2D eigenvalue weighted by Crippen LogP contribution is 2.19. The van der Waals surface area contributed by atoms with Crippen LogP contribution in [0.5, 0.6) is 0 Å². The first-order valence-electron chi connectivity index (χ1n) is 5.55. The first-order chi connectivity index (χ1) is 7.04. The van der Waals surface area contributed by atoms with Crippen molar-refractivity contribution in [3.8, 4) is 0 Å². The summed E-state index contributed by atoms with van der Waals surface area (Å²) >= 11 is 0. The minimum Gasteiger partial charge on any atom is -0.468 e. The molecule has 1 aliphatic rings. The Labute approximate surface area is 91.9 Å². The third-order valence-corrected chi connectivity index (χ3v) is 2.82. The van der Waals surface area contributed by atoms with Crippen molar-refractivity contribution in [2.45, 2.75) is 45.7 Å². The summed E-state index contributed by atoms with van der Waals surface area (Å²) in [6.07, 6.45) is 3.95. The summed E-state index contributed by atoms with van der Waals surface area (Å²) in [5.74, 6) is 0.467. The Kier molecular flexibility index (Phi) is 4.33. The molecule has 0 amide bonds. The zero-order valence-electron chi connectivity index (χ0n) is 10.0. The van der Waals surface area contributed by atoms with Crippen molar-refractivity contribution in [1.29, 1.82) is 0 Å². The molecule has 0 saturated heterocycles. The lowest BCUT2D eigenvalue weighted by atomic mass is 9.92. The molecule has 1 heterocycles. The van der Waals surface area contributed by atoms with Gasteiger partial charge in [0.1, 0.15) is 6.04 Å². The van der Waals surface area contributed by atoms with Crippen LogP contribution in [-0.4, -0.2) is 25.2 Å². The largest absolute Gasteiger partial charge is 0.468 e. The smallest absolute Gasteiger partial charge is 0.323 e. The van der Waals surface area contributed by atoms with Gasteiger partial charge in [-0.2, -0.15) is 0 Å². The van der Waals surface area contributed by atoms with Crippen molar-refractivity contribution >= 4 is 5.97 Å². The Morgan fingerprint density at radius 3 is 2.87 bits per heavy atom. The molecule has 0 fully saturated rings. The van der Waals surface area contributed by atoms with Crippen LogP contribution in [0, 0.1) is 5.92 Å². The molecule has 3 heteroatoms. The SMILES string of the molecule is COC(=O)C1CC=C(C)C(CC(C)C)N1. The summed E-state index contributed by atoms with van der Waals surface area (Å²) in [6.45, 7) is 6.50. The molecule has 0 bridgehead atoms. The van der Waals surface area contributed by atoms with E-state index in [1.807, 2.05) is 0 Å². The van der Waals surface area contributed by atoms with E-state index in [4.69, 9.17) is 4.74 Å². The second kappa shape index (κ2) is 5.31. The van der Waals surface area contributed by atoms with E-state index < -0.39 is 0 Å². The number of hydrogen-bond donors (Lipinski definition) is 1. The van der Waals surface area contributed by atoms with Gasteiger partial charge in [0, 0.05) is 6.04 Å². The van der Waals surface area contributed by atoms with E-state index in [0.29, 0.717) is 12.0 Å². The molecule has 3 nitrogen and oxygen atoms in total. The van der Waals surface area contributed by atoms with Crippen molar-refractivity contribution in [3.05, 3.63) is 11.6 Å². The molecule has 0 spiro atoms. The predicted octanol–water partition coefficient (Wildman–Crippen LogP) is 1.88. The lowest BCUT2D eigenvalue weighted by Gasteiger charge is -2.30. The number of carbonyl (C=O) groups is 1. The maximum atomic E-state index is 11.4. The third-order valence-electron chi connectivity index (χ3n) is 2.82. The van der Waals surface area contributed by atoms with Crippen LogP contribution < -0.4 is 5.32 Å². The number of carbonyl (C=O) groups excluding carboxylic acids is 1. The summed E-state index contributed by atoms with van der Waals surface area (Å²) in [5, 5.41) is 3.34. The van der Waals surface area contributed by atoms with Crippen LogP contribution in [0.4, 0.5) is 0 Å². The molecule has 0 aliphatic carbocycles. The summed E-state index contributed by atoms with van der Waals surface area (Å²) in [4.78, 5) is 11.4. The van der Waals surface area contributed by atoms with Crippen LogP contribution in [0.2, 0.25) is 0 Å². The van der Waals surface area contributed by atoms with Gasteiger partial charge >= 0.3 is 5.97 Å². The van der Waals surface area contributed by atoms with Crippen LogP contribution in [-0.2, 0) is 9.53 Å². The van der Waals surface area contributed by atoms with Gasteiger partial charge in [0.05, 0.1) is 7.11 Å². The summed E-state index contributed by atoms with van der Waals surface area (Å²) in [7, 11) is 1.44. The fraction of sp³-hybridized carbons (Fsp3) is 0.750. The van der Waals surface area contributed by atoms with Crippen molar-refractivity contribution < 1.29 is 9.53 Å². The second-order valence-corrected chi connectivity index (χ2v) is 4.61. The van der Waals surface area contributed by atoms with Crippen LogP contribution in [0.3, 0.4) is 0 Å². The maximum absolute atomic E-state index is 11.4.